The minimum Gasteiger partial charge on any atom is -0.388 e. The lowest BCUT2D eigenvalue weighted by Crippen LogP contribution is -2.08. The quantitative estimate of drug-likeness (QED) is 0.829. The van der Waals surface area contributed by atoms with Crippen molar-refractivity contribution in [3.8, 4) is 0 Å². The van der Waals surface area contributed by atoms with Crippen LogP contribution in [0.15, 0.2) is 34.8 Å². The highest BCUT2D eigenvalue weighted by Gasteiger charge is 2.20. The fourth-order valence-corrected chi connectivity index (χ4v) is 2.62. The molecule has 2 aromatic carbocycles. The molecule has 0 saturated heterocycles. The number of aliphatic hydroxyl groups excluding tert-OH is 1. The lowest BCUT2D eigenvalue weighted by molar-refractivity contribution is 0.168. The van der Waals surface area contributed by atoms with Crippen LogP contribution in [0.5, 0.6) is 0 Å². The summed E-state index contributed by atoms with van der Waals surface area (Å²) in [6.45, 7) is 0. The van der Waals surface area contributed by atoms with Crippen LogP contribution >= 0.6 is 27.5 Å². The molecular weight excluding hydrogens is 357 g/mol. The van der Waals surface area contributed by atoms with Gasteiger partial charge in [0.25, 0.3) is 0 Å². The van der Waals surface area contributed by atoms with Gasteiger partial charge in [0.05, 0.1) is 11.7 Å². The molecule has 106 valence electrons. The molecular formula is C14H9BrClF3O. The third-order valence-corrected chi connectivity index (χ3v) is 3.65. The first-order valence-corrected chi connectivity index (χ1v) is 6.82. The van der Waals surface area contributed by atoms with E-state index >= 15 is 0 Å². The molecule has 0 aliphatic carbocycles. The Morgan fingerprint density at radius 2 is 1.70 bits per heavy atom. The molecule has 1 N–H and O–H groups in total. The zero-order valence-electron chi connectivity index (χ0n) is 10.0. The van der Waals surface area contributed by atoms with Crippen LogP contribution in [0, 0.1) is 17.5 Å². The predicted molar refractivity (Wildman–Crippen MR) is 74.1 cm³/mol. The number of halogens is 5. The summed E-state index contributed by atoms with van der Waals surface area (Å²) in [6.07, 6.45) is -1.53. The van der Waals surface area contributed by atoms with Crippen LogP contribution in [-0.2, 0) is 6.42 Å². The standard InChI is InChI=1S/C14H9BrClF3O/c15-8-2-1-7(10(16)4-8)3-13(20)14-11(18)5-9(17)6-12(14)19/h1-2,4-6,13,20H,3H2. The van der Waals surface area contributed by atoms with Gasteiger partial charge in [-0.25, -0.2) is 13.2 Å². The molecule has 0 fully saturated rings. The first kappa shape index (κ1) is 15.4. The van der Waals surface area contributed by atoms with Gasteiger partial charge in [0, 0.05) is 28.0 Å². The molecule has 0 aliphatic rings. The molecule has 0 amide bonds. The molecule has 1 unspecified atom stereocenters. The van der Waals surface area contributed by atoms with Crippen LogP contribution in [0.2, 0.25) is 5.02 Å². The van der Waals surface area contributed by atoms with E-state index in [1.54, 1.807) is 18.2 Å². The fraction of sp³-hybridized carbons (Fsp3) is 0.143. The normalized spacial score (nSPS) is 12.5. The molecule has 0 aliphatic heterocycles. The van der Waals surface area contributed by atoms with Crippen molar-refractivity contribution in [1.29, 1.82) is 0 Å². The summed E-state index contributed by atoms with van der Waals surface area (Å²) in [4.78, 5) is 0. The van der Waals surface area contributed by atoms with E-state index in [2.05, 4.69) is 15.9 Å². The summed E-state index contributed by atoms with van der Waals surface area (Å²) >= 11 is 9.21. The maximum absolute atomic E-state index is 13.5. The van der Waals surface area contributed by atoms with E-state index in [0.717, 1.165) is 4.47 Å². The summed E-state index contributed by atoms with van der Waals surface area (Å²) in [5.41, 5.74) is -0.0316. The Hall–Kier alpha value is -1.04. The van der Waals surface area contributed by atoms with Gasteiger partial charge < -0.3 is 5.11 Å². The monoisotopic (exact) mass is 364 g/mol. The van der Waals surface area contributed by atoms with Gasteiger partial charge in [-0.15, -0.1) is 0 Å². The summed E-state index contributed by atoms with van der Waals surface area (Å²) in [5.74, 6) is -3.27. The highest BCUT2D eigenvalue weighted by molar-refractivity contribution is 9.10. The Labute approximate surface area is 127 Å². The van der Waals surface area contributed by atoms with Crippen molar-refractivity contribution in [2.75, 3.05) is 0 Å². The molecule has 0 aromatic heterocycles. The Morgan fingerprint density at radius 3 is 2.25 bits per heavy atom. The van der Waals surface area contributed by atoms with E-state index in [-0.39, 0.29) is 6.42 Å². The summed E-state index contributed by atoms with van der Waals surface area (Å²) in [5, 5.41) is 10.3. The zero-order valence-corrected chi connectivity index (χ0v) is 12.4. The van der Waals surface area contributed by atoms with E-state index in [1.165, 1.54) is 0 Å². The van der Waals surface area contributed by atoms with E-state index in [9.17, 15) is 18.3 Å². The molecule has 1 nitrogen and oxygen atoms in total. The molecule has 0 heterocycles. The van der Waals surface area contributed by atoms with Gasteiger partial charge in [-0.1, -0.05) is 33.6 Å². The van der Waals surface area contributed by atoms with Crippen molar-refractivity contribution >= 4 is 27.5 Å². The molecule has 0 spiro atoms. The highest BCUT2D eigenvalue weighted by Crippen LogP contribution is 2.29. The minimum absolute atomic E-state index is 0.0778. The second kappa shape index (κ2) is 6.16. The molecule has 0 bridgehead atoms. The summed E-state index contributed by atoms with van der Waals surface area (Å²) in [7, 11) is 0. The van der Waals surface area contributed by atoms with E-state index in [0.29, 0.717) is 22.7 Å². The van der Waals surface area contributed by atoms with Crippen molar-refractivity contribution in [2.45, 2.75) is 12.5 Å². The SMILES string of the molecule is OC(Cc1ccc(Br)cc1Cl)c1c(F)cc(F)cc1F. The van der Waals surface area contributed by atoms with Crippen molar-refractivity contribution in [1.82, 2.24) is 0 Å². The maximum atomic E-state index is 13.5. The van der Waals surface area contributed by atoms with Gasteiger partial charge >= 0.3 is 0 Å². The van der Waals surface area contributed by atoms with E-state index in [4.69, 9.17) is 11.6 Å². The predicted octanol–water partition coefficient (Wildman–Crippen LogP) is 4.80. The largest absolute Gasteiger partial charge is 0.388 e. The number of hydrogen-bond donors (Lipinski definition) is 1. The van der Waals surface area contributed by atoms with Gasteiger partial charge in [0.1, 0.15) is 17.5 Å². The smallest absolute Gasteiger partial charge is 0.134 e. The van der Waals surface area contributed by atoms with E-state index < -0.39 is 29.1 Å². The second-order valence-corrected chi connectivity index (χ2v) is 5.56. The third-order valence-electron chi connectivity index (χ3n) is 2.81. The van der Waals surface area contributed by atoms with Crippen LogP contribution in [0.1, 0.15) is 17.2 Å². The summed E-state index contributed by atoms with van der Waals surface area (Å²) in [6, 6.07) is 6.01. The lowest BCUT2D eigenvalue weighted by Gasteiger charge is -2.14. The highest BCUT2D eigenvalue weighted by atomic mass is 79.9. The summed E-state index contributed by atoms with van der Waals surface area (Å²) < 4.78 is 40.7. The Kier molecular flexibility index (Phi) is 4.73. The van der Waals surface area contributed by atoms with Gasteiger partial charge in [0.15, 0.2) is 0 Å². The minimum atomic E-state index is -1.45. The molecule has 6 heteroatoms. The number of aliphatic hydroxyl groups is 1. The Morgan fingerprint density at radius 1 is 1.10 bits per heavy atom. The van der Waals surface area contributed by atoms with Crippen LogP contribution in [-0.4, -0.2) is 5.11 Å². The van der Waals surface area contributed by atoms with Crippen LogP contribution in [0.25, 0.3) is 0 Å². The molecule has 0 saturated carbocycles. The second-order valence-electron chi connectivity index (χ2n) is 4.24. The third kappa shape index (κ3) is 3.34. The maximum Gasteiger partial charge on any atom is 0.134 e. The molecule has 2 rings (SSSR count). The molecule has 20 heavy (non-hydrogen) atoms. The van der Waals surface area contributed by atoms with Crippen molar-refractivity contribution in [2.24, 2.45) is 0 Å². The van der Waals surface area contributed by atoms with E-state index in [1.807, 2.05) is 0 Å². The first-order chi connectivity index (χ1) is 9.38. The van der Waals surface area contributed by atoms with Crippen LogP contribution in [0.4, 0.5) is 13.2 Å². The van der Waals surface area contributed by atoms with Crippen LogP contribution in [0.3, 0.4) is 0 Å². The lowest BCUT2D eigenvalue weighted by atomic mass is 10.0. The van der Waals surface area contributed by atoms with Gasteiger partial charge in [-0.2, -0.15) is 0 Å². The van der Waals surface area contributed by atoms with Crippen molar-refractivity contribution in [3.05, 3.63) is 68.4 Å². The fourth-order valence-electron chi connectivity index (χ4n) is 1.87. The molecule has 2 aromatic rings. The zero-order chi connectivity index (χ0) is 14.9. The molecule has 0 radical (unpaired) electrons. The van der Waals surface area contributed by atoms with Gasteiger partial charge in [-0.05, 0) is 17.7 Å². The Bertz CT molecular complexity index is 625. The first-order valence-electron chi connectivity index (χ1n) is 5.65. The van der Waals surface area contributed by atoms with Crippen molar-refractivity contribution in [3.63, 3.8) is 0 Å². The Balaban J connectivity index is 2.31. The van der Waals surface area contributed by atoms with Gasteiger partial charge in [0.2, 0.25) is 0 Å². The van der Waals surface area contributed by atoms with Gasteiger partial charge in [-0.3, -0.25) is 0 Å². The number of hydrogen-bond acceptors (Lipinski definition) is 1. The average molecular weight is 366 g/mol. The molecule has 1 atom stereocenters. The van der Waals surface area contributed by atoms with Crippen LogP contribution < -0.4 is 0 Å². The van der Waals surface area contributed by atoms with Crippen molar-refractivity contribution < 1.29 is 18.3 Å². The topological polar surface area (TPSA) is 20.2 Å². The average Bonchev–Trinajstić information content (AvgIpc) is 2.31. The number of rotatable bonds is 3. The number of benzene rings is 2.